The molecule has 0 unspecified atom stereocenters. The van der Waals surface area contributed by atoms with Crippen LogP contribution in [0.3, 0.4) is 0 Å². The number of nitrogens with zero attached hydrogens (tertiary/aromatic N) is 1. The van der Waals surface area contributed by atoms with Gasteiger partial charge in [-0.3, -0.25) is 0 Å². The second-order valence-electron chi connectivity index (χ2n) is 1.92. The van der Waals surface area contributed by atoms with Gasteiger partial charge in [0, 0.05) is 4.13 Å². The molecule has 91 valence electrons. The third-order valence-electron chi connectivity index (χ3n) is 0.781. The van der Waals surface area contributed by atoms with Gasteiger partial charge >= 0.3 is 49.9 Å². The standard InChI is InChI=1S/C2F6NO4S2.Li/c3-1(4,5)14(10,11)9-15(12,13)2(6,7)8;/q;+1. The molecule has 0 aliphatic rings. The van der Waals surface area contributed by atoms with Crippen LogP contribution in [0.5, 0.6) is 0 Å². The van der Waals surface area contributed by atoms with Gasteiger partial charge in [-0.2, -0.15) is 26.3 Å². The Balaban J connectivity index is 0. The van der Waals surface area contributed by atoms with Crippen LogP contribution in [0, 0.1) is 0 Å². The van der Waals surface area contributed by atoms with Crippen LogP contribution in [-0.2, 0) is 20.0 Å². The Bertz CT molecular complexity index is 390. The summed E-state index contributed by atoms with van der Waals surface area (Å²) in [5.41, 5.74) is -12.4. The van der Waals surface area contributed by atoms with Crippen molar-refractivity contribution < 1.29 is 62.0 Å². The minimum atomic E-state index is -6.72. The third kappa shape index (κ3) is 4.13. The molecule has 0 N–H and O–H groups in total. The van der Waals surface area contributed by atoms with E-state index in [1.807, 2.05) is 0 Å². The van der Waals surface area contributed by atoms with Crippen molar-refractivity contribution in [3.63, 3.8) is 0 Å². The summed E-state index contributed by atoms with van der Waals surface area (Å²) in [6.45, 7) is 0. The molecule has 0 atom stereocenters. The molecular weight excluding hydrogens is 287 g/mol. The van der Waals surface area contributed by atoms with Gasteiger partial charge < -0.3 is 0 Å². The molecule has 0 aromatic carbocycles. The molecular formula is C2F6LiNO4S2+. The first-order chi connectivity index (χ1) is 6.21. The van der Waals surface area contributed by atoms with Gasteiger partial charge in [-0.15, -0.1) is 0 Å². The van der Waals surface area contributed by atoms with Crippen LogP contribution in [0.1, 0.15) is 0 Å². The normalized spacial score (nSPS) is 14.4. The molecule has 16 heavy (non-hydrogen) atoms. The van der Waals surface area contributed by atoms with Crippen LogP contribution in [0.25, 0.3) is 0 Å². The Morgan fingerprint density at radius 3 is 1.00 bits per heavy atom. The second-order valence-corrected chi connectivity index (χ2v) is 5.34. The zero-order valence-corrected chi connectivity index (χ0v) is 8.80. The van der Waals surface area contributed by atoms with Crippen molar-refractivity contribution >= 4 is 20.0 Å². The van der Waals surface area contributed by atoms with Crippen molar-refractivity contribution in [2.24, 2.45) is 0 Å². The number of sulfonamides is 2. The maximum atomic E-state index is 11.4. The maximum absolute atomic E-state index is 11.4. The van der Waals surface area contributed by atoms with Crippen LogP contribution >= 0.6 is 0 Å². The van der Waals surface area contributed by atoms with Crippen LogP contribution in [0.4, 0.5) is 26.3 Å². The Morgan fingerprint density at radius 2 is 0.875 bits per heavy atom. The molecule has 0 rings (SSSR count). The van der Waals surface area contributed by atoms with E-state index in [1.54, 1.807) is 0 Å². The number of hydrogen-bond acceptors (Lipinski definition) is 4. The fourth-order valence-electron chi connectivity index (χ4n) is 0.214. The van der Waals surface area contributed by atoms with Gasteiger partial charge in [-0.1, -0.05) is 0 Å². The smallest absolute Gasteiger partial charge is 0.200 e. The zero-order valence-electron chi connectivity index (χ0n) is 7.16. The summed E-state index contributed by atoms with van der Waals surface area (Å²) in [5, 5.41) is 0. The maximum Gasteiger partial charge on any atom is 1.00 e. The molecule has 0 spiro atoms. The van der Waals surface area contributed by atoms with Gasteiger partial charge in [0.2, 0.25) is 0 Å². The van der Waals surface area contributed by atoms with Crippen LogP contribution < -0.4 is 23.0 Å². The van der Waals surface area contributed by atoms with Gasteiger partial charge in [-0.05, 0) is 0 Å². The summed E-state index contributed by atoms with van der Waals surface area (Å²) in [7, 11) is -13.4. The molecule has 0 amide bonds. The summed E-state index contributed by atoms with van der Waals surface area (Å²) < 4.78 is 109. The molecule has 0 fully saturated rings. The average Bonchev–Trinajstić information content (AvgIpc) is 1.77. The molecule has 5 nitrogen and oxygen atoms in total. The summed E-state index contributed by atoms with van der Waals surface area (Å²) in [4.78, 5) is 0. The van der Waals surface area contributed by atoms with E-state index in [0.717, 1.165) is 4.13 Å². The van der Waals surface area contributed by atoms with E-state index in [4.69, 9.17) is 0 Å². The van der Waals surface area contributed by atoms with Crippen LogP contribution in [0.2, 0.25) is 0 Å². The Kier molecular flexibility index (Phi) is 5.44. The van der Waals surface area contributed by atoms with E-state index < -0.39 is 31.1 Å². The predicted octanol–water partition coefficient (Wildman–Crippen LogP) is -2.71. The van der Waals surface area contributed by atoms with Gasteiger partial charge in [0.25, 0.3) is 0 Å². The first kappa shape index (κ1) is 18.4. The molecule has 0 aliphatic carbocycles. The fourth-order valence-corrected chi connectivity index (χ4v) is 1.92. The van der Waals surface area contributed by atoms with Crippen molar-refractivity contribution in [2.45, 2.75) is 11.0 Å². The molecule has 1 radical (unpaired) electrons. The molecule has 0 saturated heterocycles. The van der Waals surface area contributed by atoms with E-state index in [1.165, 1.54) is 0 Å². The summed E-state index contributed by atoms with van der Waals surface area (Å²) in [6.07, 6.45) is 0. The molecule has 0 bridgehead atoms. The number of rotatable bonds is 2. The molecule has 14 heteroatoms. The van der Waals surface area contributed by atoms with Gasteiger partial charge in [0.15, 0.2) is 0 Å². The Hall–Kier alpha value is 0.0374. The van der Waals surface area contributed by atoms with E-state index in [0.29, 0.717) is 0 Å². The van der Waals surface area contributed by atoms with E-state index >= 15 is 0 Å². The monoisotopic (exact) mass is 287 g/mol. The van der Waals surface area contributed by atoms with Crippen molar-refractivity contribution in [2.75, 3.05) is 0 Å². The van der Waals surface area contributed by atoms with Gasteiger partial charge in [0.05, 0.1) is 0 Å². The summed E-state index contributed by atoms with van der Waals surface area (Å²) in [5.74, 6) is 0. The fraction of sp³-hybridized carbons (Fsp3) is 1.00. The topological polar surface area (TPSA) is 82.4 Å². The molecule has 0 heterocycles. The van der Waals surface area contributed by atoms with Gasteiger partial charge in [0.1, 0.15) is 0 Å². The summed E-state index contributed by atoms with van der Waals surface area (Å²) >= 11 is 0. The number of halogens is 6. The van der Waals surface area contributed by atoms with Crippen molar-refractivity contribution in [3.8, 4) is 0 Å². The molecule has 0 aromatic heterocycles. The van der Waals surface area contributed by atoms with E-state index in [2.05, 4.69) is 0 Å². The first-order valence-corrected chi connectivity index (χ1v) is 5.45. The van der Waals surface area contributed by atoms with E-state index in [9.17, 15) is 43.2 Å². The summed E-state index contributed by atoms with van der Waals surface area (Å²) in [6, 6.07) is 0. The van der Waals surface area contributed by atoms with Gasteiger partial charge in [-0.25, -0.2) is 16.8 Å². The largest absolute Gasteiger partial charge is 1.00 e. The molecule has 0 aromatic rings. The SMILES string of the molecule is O=S(=O)([N]S(=O)(=O)C(F)(F)F)C(F)(F)F.[Li+]. The third-order valence-corrected chi connectivity index (χ3v) is 3.52. The van der Waals surface area contributed by atoms with Crippen molar-refractivity contribution in [1.82, 2.24) is 4.13 Å². The minimum absolute atomic E-state index is 0. The number of hydrogen-bond donors (Lipinski definition) is 0. The van der Waals surface area contributed by atoms with Crippen LogP contribution in [-0.4, -0.2) is 27.9 Å². The second kappa shape index (κ2) is 4.73. The van der Waals surface area contributed by atoms with Crippen molar-refractivity contribution in [1.29, 1.82) is 0 Å². The van der Waals surface area contributed by atoms with E-state index in [-0.39, 0.29) is 18.9 Å². The minimum Gasteiger partial charge on any atom is -0.200 e. The average molecular weight is 287 g/mol. The molecule has 0 aliphatic heterocycles. The quantitative estimate of drug-likeness (QED) is 0.408. The molecule has 0 saturated carbocycles. The zero-order chi connectivity index (χ0) is 12.7. The number of alkyl halides is 6. The Morgan fingerprint density at radius 1 is 0.688 bits per heavy atom. The van der Waals surface area contributed by atoms with Crippen molar-refractivity contribution in [3.05, 3.63) is 0 Å². The van der Waals surface area contributed by atoms with Crippen LogP contribution in [0.15, 0.2) is 0 Å². The Labute approximate surface area is 97.5 Å². The predicted molar refractivity (Wildman–Crippen MR) is 32.1 cm³/mol. The first-order valence-electron chi connectivity index (χ1n) is 2.57.